The second kappa shape index (κ2) is 6.00. The largest absolute Gasteiger partial charge is 0.433 e. The highest BCUT2D eigenvalue weighted by Crippen LogP contribution is 2.42. The Morgan fingerprint density at radius 1 is 1.15 bits per heavy atom. The number of aromatic nitrogens is 3. The van der Waals surface area contributed by atoms with E-state index in [1.807, 2.05) is 6.07 Å². The minimum Gasteiger partial charge on any atom is -0.285 e. The van der Waals surface area contributed by atoms with E-state index in [0.29, 0.717) is 29.7 Å². The van der Waals surface area contributed by atoms with Gasteiger partial charge in [0.25, 0.3) is 5.56 Å². The second-order valence-corrected chi connectivity index (χ2v) is 6.78. The van der Waals surface area contributed by atoms with Gasteiger partial charge >= 0.3 is 6.18 Å². The van der Waals surface area contributed by atoms with E-state index in [2.05, 4.69) is 10.1 Å². The molecule has 136 valence electrons. The van der Waals surface area contributed by atoms with Gasteiger partial charge in [0.1, 0.15) is 5.69 Å². The van der Waals surface area contributed by atoms with Crippen LogP contribution in [-0.2, 0) is 6.18 Å². The summed E-state index contributed by atoms with van der Waals surface area (Å²) in [7, 11) is 0. The van der Waals surface area contributed by atoms with Crippen molar-refractivity contribution in [3.63, 3.8) is 0 Å². The number of rotatable bonds is 2. The van der Waals surface area contributed by atoms with Gasteiger partial charge in [-0.05, 0) is 31.2 Å². The molecule has 2 heterocycles. The van der Waals surface area contributed by atoms with E-state index in [9.17, 15) is 18.0 Å². The molecule has 0 saturated heterocycles. The van der Waals surface area contributed by atoms with Gasteiger partial charge in [-0.2, -0.15) is 13.2 Å². The van der Waals surface area contributed by atoms with Gasteiger partial charge in [0.05, 0.1) is 11.3 Å². The summed E-state index contributed by atoms with van der Waals surface area (Å²) in [6.07, 6.45) is -1.40. The molecule has 0 unspecified atom stereocenters. The van der Waals surface area contributed by atoms with E-state index in [-0.39, 0.29) is 17.1 Å². The molecule has 1 aliphatic carbocycles. The zero-order chi connectivity index (χ0) is 18.5. The lowest BCUT2D eigenvalue weighted by atomic mass is 9.97. The summed E-state index contributed by atoms with van der Waals surface area (Å²) < 4.78 is 41.8. The van der Waals surface area contributed by atoms with Crippen LogP contribution in [0.15, 0.2) is 35.1 Å². The van der Waals surface area contributed by atoms with E-state index in [4.69, 9.17) is 0 Å². The molecule has 0 amide bonds. The summed E-state index contributed by atoms with van der Waals surface area (Å²) in [6.45, 7) is 1.67. The summed E-state index contributed by atoms with van der Waals surface area (Å²) >= 11 is 0. The van der Waals surface area contributed by atoms with Crippen LogP contribution in [0, 0.1) is 6.92 Å². The van der Waals surface area contributed by atoms with Crippen LogP contribution in [0.4, 0.5) is 13.2 Å². The number of H-pyrrole nitrogens is 1. The van der Waals surface area contributed by atoms with Crippen molar-refractivity contribution in [2.24, 2.45) is 0 Å². The van der Waals surface area contributed by atoms with Crippen LogP contribution >= 0.6 is 0 Å². The van der Waals surface area contributed by atoms with E-state index in [0.717, 1.165) is 17.4 Å². The number of fused-ring (bicyclic) bond motifs is 1. The van der Waals surface area contributed by atoms with Crippen molar-refractivity contribution in [1.29, 1.82) is 0 Å². The van der Waals surface area contributed by atoms with Crippen molar-refractivity contribution in [1.82, 2.24) is 14.6 Å². The molecule has 7 heteroatoms. The number of aromatic amines is 1. The molecule has 4 rings (SSSR count). The minimum atomic E-state index is -4.56. The number of nitrogens with zero attached hydrogens (tertiary/aromatic N) is 2. The highest BCUT2D eigenvalue weighted by Gasteiger charge is 2.40. The number of hydrogen-bond donors (Lipinski definition) is 1. The van der Waals surface area contributed by atoms with Crippen LogP contribution in [0.1, 0.15) is 48.6 Å². The number of hydrogen-bond acceptors (Lipinski definition) is 2. The molecule has 1 aliphatic rings. The van der Waals surface area contributed by atoms with E-state index < -0.39 is 17.4 Å². The average Bonchev–Trinajstić information content (AvgIpc) is 3.22. The van der Waals surface area contributed by atoms with Gasteiger partial charge in [0.2, 0.25) is 0 Å². The Kier molecular flexibility index (Phi) is 3.89. The molecule has 2 aromatic heterocycles. The number of aryl methyl sites for hydroxylation is 1. The molecule has 0 atom stereocenters. The fourth-order valence-electron chi connectivity index (χ4n) is 3.95. The lowest BCUT2D eigenvalue weighted by Gasteiger charge is -2.12. The zero-order valence-corrected chi connectivity index (χ0v) is 14.2. The molecule has 3 aromatic rings. The summed E-state index contributed by atoms with van der Waals surface area (Å²) in [5, 5.41) is 2.30. The second-order valence-electron chi connectivity index (χ2n) is 6.78. The molecule has 0 spiro atoms. The van der Waals surface area contributed by atoms with Crippen molar-refractivity contribution in [2.45, 2.75) is 44.7 Å². The average molecular weight is 361 g/mol. The summed E-state index contributed by atoms with van der Waals surface area (Å²) in [4.78, 5) is 17.4. The predicted octanol–water partition coefficient (Wildman–Crippen LogP) is 4.67. The molecular formula is C19H18F3N3O. The number of benzene rings is 1. The third-order valence-electron chi connectivity index (χ3n) is 5.11. The molecule has 0 radical (unpaired) electrons. The smallest absolute Gasteiger partial charge is 0.285 e. The van der Waals surface area contributed by atoms with Gasteiger partial charge in [-0.1, -0.05) is 43.2 Å². The lowest BCUT2D eigenvalue weighted by molar-refractivity contribution is -0.142. The Balaban J connectivity index is 2.04. The quantitative estimate of drug-likeness (QED) is 0.721. The molecule has 0 aliphatic heterocycles. The Hall–Kier alpha value is -2.57. The normalized spacial score (nSPS) is 15.8. The van der Waals surface area contributed by atoms with Crippen molar-refractivity contribution >= 4 is 5.65 Å². The topological polar surface area (TPSA) is 50.2 Å². The molecule has 1 aromatic carbocycles. The van der Waals surface area contributed by atoms with Crippen LogP contribution in [-0.4, -0.2) is 14.6 Å². The zero-order valence-electron chi connectivity index (χ0n) is 14.2. The first-order valence-electron chi connectivity index (χ1n) is 8.65. The molecule has 26 heavy (non-hydrogen) atoms. The highest BCUT2D eigenvalue weighted by atomic mass is 19.4. The third kappa shape index (κ3) is 2.62. The monoisotopic (exact) mass is 361 g/mol. The minimum absolute atomic E-state index is 0.103. The van der Waals surface area contributed by atoms with Gasteiger partial charge in [-0.25, -0.2) is 9.50 Å². The van der Waals surface area contributed by atoms with Crippen molar-refractivity contribution in [3.05, 3.63) is 57.6 Å². The number of nitrogens with one attached hydrogen (secondary N) is 1. The maximum atomic E-state index is 13.6. The molecule has 4 nitrogen and oxygen atoms in total. The number of halogens is 3. The van der Waals surface area contributed by atoms with Crippen molar-refractivity contribution in [3.8, 4) is 11.1 Å². The van der Waals surface area contributed by atoms with Gasteiger partial charge in [0.15, 0.2) is 5.65 Å². The van der Waals surface area contributed by atoms with E-state index in [1.54, 1.807) is 31.2 Å². The van der Waals surface area contributed by atoms with Crippen LogP contribution in [0.3, 0.4) is 0 Å². The van der Waals surface area contributed by atoms with Crippen LogP contribution in [0.25, 0.3) is 16.8 Å². The van der Waals surface area contributed by atoms with E-state index >= 15 is 0 Å². The van der Waals surface area contributed by atoms with Gasteiger partial charge < -0.3 is 0 Å². The molecular weight excluding hydrogens is 343 g/mol. The maximum absolute atomic E-state index is 13.6. The highest BCUT2D eigenvalue weighted by molar-refractivity contribution is 5.67. The lowest BCUT2D eigenvalue weighted by Crippen LogP contribution is -2.19. The summed E-state index contributed by atoms with van der Waals surface area (Å²) in [6, 6.07) is 8.88. The third-order valence-corrected chi connectivity index (χ3v) is 5.11. The first-order valence-corrected chi connectivity index (χ1v) is 8.65. The Bertz CT molecular complexity index is 1010. The van der Waals surface area contributed by atoms with Crippen LogP contribution < -0.4 is 5.56 Å². The fraction of sp³-hybridized carbons (Fsp3) is 0.368. The van der Waals surface area contributed by atoms with Crippen LogP contribution in [0.2, 0.25) is 0 Å². The SMILES string of the molecule is Cc1nc2c(C3CCCC3)c(C(F)(F)F)[nH]n2c(=O)c1-c1ccccc1. The predicted molar refractivity (Wildman–Crippen MR) is 92.2 cm³/mol. The van der Waals surface area contributed by atoms with Gasteiger partial charge in [-0.15, -0.1) is 0 Å². The van der Waals surface area contributed by atoms with Gasteiger partial charge in [0, 0.05) is 5.56 Å². The standard InChI is InChI=1S/C19H18F3N3O/c1-11-14(12-7-3-2-4-8-12)18(26)25-17(23-11)15(13-9-5-6-10-13)16(24-25)19(20,21)22/h2-4,7-8,13,24H,5-6,9-10H2,1H3. The van der Waals surface area contributed by atoms with Gasteiger partial charge in [-0.3, -0.25) is 9.89 Å². The summed E-state index contributed by atoms with van der Waals surface area (Å²) in [5.74, 6) is -0.221. The van der Waals surface area contributed by atoms with Crippen LogP contribution in [0.5, 0.6) is 0 Å². The van der Waals surface area contributed by atoms with Crippen molar-refractivity contribution in [2.75, 3.05) is 0 Å². The molecule has 1 fully saturated rings. The molecule has 0 bridgehead atoms. The van der Waals surface area contributed by atoms with E-state index in [1.165, 1.54) is 0 Å². The fourth-order valence-corrected chi connectivity index (χ4v) is 3.95. The van der Waals surface area contributed by atoms with Crippen molar-refractivity contribution < 1.29 is 13.2 Å². The summed E-state index contributed by atoms with van der Waals surface area (Å²) in [5.41, 5.74) is 0.278. The molecule has 1 saturated carbocycles. The first-order chi connectivity index (χ1) is 12.4. The Morgan fingerprint density at radius 3 is 2.42 bits per heavy atom. The maximum Gasteiger partial charge on any atom is 0.433 e. The first kappa shape index (κ1) is 16.9. The molecule has 1 N–H and O–H groups in total. The Labute approximate surface area is 147 Å². The Morgan fingerprint density at radius 2 is 1.81 bits per heavy atom. The number of alkyl halides is 3.